The molecule has 2 heterocycles. The molecule has 116 valence electrons. The van der Waals surface area contributed by atoms with E-state index in [0.717, 1.165) is 24.2 Å². The van der Waals surface area contributed by atoms with E-state index < -0.39 is 11.9 Å². The van der Waals surface area contributed by atoms with Gasteiger partial charge in [0.05, 0.1) is 12.7 Å². The van der Waals surface area contributed by atoms with Crippen LogP contribution < -0.4 is 4.74 Å². The lowest BCUT2D eigenvalue weighted by Gasteiger charge is -2.14. The molecule has 2 aromatic rings. The number of nitrogens with zero attached hydrogens (tertiary/aromatic N) is 1. The second kappa shape index (κ2) is 5.21. The zero-order valence-corrected chi connectivity index (χ0v) is 12.7. The topological polar surface area (TPSA) is 55.8 Å². The van der Waals surface area contributed by atoms with E-state index in [9.17, 15) is 9.59 Å². The maximum atomic E-state index is 11.9. The molecule has 0 atom stereocenters. The van der Waals surface area contributed by atoms with E-state index in [0.29, 0.717) is 17.9 Å². The Morgan fingerprint density at radius 3 is 2.65 bits per heavy atom. The number of carbonyl (C=O) groups is 2. The Morgan fingerprint density at radius 2 is 1.91 bits per heavy atom. The molecule has 0 N–H and O–H groups in total. The molecule has 0 unspecified atom stereocenters. The fraction of sp³-hybridized carbons (Fsp3) is 0.222. The first-order valence-electron chi connectivity index (χ1n) is 7.43. The monoisotopic (exact) mass is 309 g/mol. The number of hydrogen-bond donors (Lipinski definition) is 0. The van der Waals surface area contributed by atoms with E-state index in [1.54, 1.807) is 6.07 Å². The van der Waals surface area contributed by atoms with Crippen molar-refractivity contribution >= 4 is 11.9 Å². The Labute approximate surface area is 133 Å². The number of ether oxygens (including phenoxy) is 2. The molecular weight excluding hydrogens is 294 g/mol. The van der Waals surface area contributed by atoms with Crippen LogP contribution in [0.3, 0.4) is 0 Å². The summed E-state index contributed by atoms with van der Waals surface area (Å²) in [5, 5.41) is 0. The van der Waals surface area contributed by atoms with Gasteiger partial charge >= 0.3 is 11.9 Å². The molecule has 0 fully saturated rings. The minimum Gasteiger partial charge on any atom is -0.495 e. The summed E-state index contributed by atoms with van der Waals surface area (Å²) < 4.78 is 10.1. The molecule has 0 amide bonds. The predicted octanol–water partition coefficient (Wildman–Crippen LogP) is 2.52. The summed E-state index contributed by atoms with van der Waals surface area (Å²) in [4.78, 5) is 26.0. The summed E-state index contributed by atoms with van der Waals surface area (Å²) in [7, 11) is 1.52. The highest BCUT2D eigenvalue weighted by Crippen LogP contribution is 2.39. The smallest absolute Gasteiger partial charge is 0.350 e. The molecule has 2 aliphatic heterocycles. The van der Waals surface area contributed by atoms with Crippen molar-refractivity contribution in [3.63, 3.8) is 0 Å². The lowest BCUT2D eigenvalue weighted by atomic mass is 9.99. The second-order valence-corrected chi connectivity index (χ2v) is 5.78. The summed E-state index contributed by atoms with van der Waals surface area (Å²) >= 11 is 0. The first-order chi connectivity index (χ1) is 11.2. The lowest BCUT2D eigenvalue weighted by molar-refractivity contribution is 0.0442. The molecule has 0 saturated heterocycles. The molecule has 2 aromatic carbocycles. The average molecular weight is 309 g/mol. The van der Waals surface area contributed by atoms with E-state index in [-0.39, 0.29) is 5.56 Å². The van der Waals surface area contributed by atoms with Crippen molar-refractivity contribution in [2.24, 2.45) is 0 Å². The number of rotatable bonds is 3. The SMILES string of the molecule is COc1c2c(cc3c1C(=O)OC3=O)CN(Cc1ccccc1)C2. The first kappa shape index (κ1) is 14.0. The zero-order valence-electron chi connectivity index (χ0n) is 12.7. The van der Waals surface area contributed by atoms with Crippen molar-refractivity contribution in [3.05, 3.63) is 64.2 Å². The highest BCUT2D eigenvalue weighted by atomic mass is 16.6. The molecular formula is C18H15NO4. The van der Waals surface area contributed by atoms with Gasteiger partial charge in [-0.05, 0) is 17.2 Å². The van der Waals surface area contributed by atoms with Crippen LogP contribution in [-0.2, 0) is 24.4 Å². The summed E-state index contributed by atoms with van der Waals surface area (Å²) in [6, 6.07) is 12.0. The Balaban J connectivity index is 1.69. The van der Waals surface area contributed by atoms with E-state index in [2.05, 4.69) is 17.0 Å². The van der Waals surface area contributed by atoms with Gasteiger partial charge in [-0.3, -0.25) is 4.90 Å². The summed E-state index contributed by atoms with van der Waals surface area (Å²) in [6.07, 6.45) is 0. The van der Waals surface area contributed by atoms with Crippen LogP contribution in [0, 0.1) is 0 Å². The van der Waals surface area contributed by atoms with Crippen molar-refractivity contribution in [2.75, 3.05) is 7.11 Å². The third kappa shape index (κ3) is 2.21. The standard InChI is InChI=1S/C18H15NO4/c1-22-16-14-10-19(8-11-5-3-2-4-6-11)9-12(14)7-13-15(16)18(21)23-17(13)20/h2-7H,8-10H2,1H3. The van der Waals surface area contributed by atoms with E-state index in [4.69, 9.17) is 9.47 Å². The molecule has 4 rings (SSSR count). The van der Waals surface area contributed by atoms with Gasteiger partial charge in [-0.1, -0.05) is 30.3 Å². The molecule has 0 aliphatic carbocycles. The van der Waals surface area contributed by atoms with Crippen LogP contribution in [0.5, 0.6) is 5.75 Å². The Kier molecular flexibility index (Phi) is 3.16. The first-order valence-corrected chi connectivity index (χ1v) is 7.43. The third-order valence-electron chi connectivity index (χ3n) is 4.31. The van der Waals surface area contributed by atoms with Gasteiger partial charge in [0, 0.05) is 25.2 Å². The van der Waals surface area contributed by atoms with E-state index in [1.165, 1.54) is 12.7 Å². The van der Waals surface area contributed by atoms with Crippen LogP contribution in [-0.4, -0.2) is 23.9 Å². The summed E-state index contributed by atoms with van der Waals surface area (Å²) in [5.41, 5.74) is 3.78. The number of fused-ring (bicyclic) bond motifs is 2. The van der Waals surface area contributed by atoms with Crippen LogP contribution in [0.2, 0.25) is 0 Å². The van der Waals surface area contributed by atoms with Crippen LogP contribution in [0.4, 0.5) is 0 Å². The lowest BCUT2D eigenvalue weighted by Crippen LogP contribution is -2.15. The summed E-state index contributed by atoms with van der Waals surface area (Å²) in [6.45, 7) is 2.21. The van der Waals surface area contributed by atoms with Gasteiger partial charge in [0.2, 0.25) is 0 Å². The largest absolute Gasteiger partial charge is 0.495 e. The van der Waals surface area contributed by atoms with Gasteiger partial charge in [-0.25, -0.2) is 9.59 Å². The molecule has 5 heteroatoms. The van der Waals surface area contributed by atoms with Crippen LogP contribution in [0.15, 0.2) is 36.4 Å². The maximum Gasteiger partial charge on any atom is 0.350 e. The molecule has 2 aliphatic rings. The van der Waals surface area contributed by atoms with Gasteiger partial charge in [0.15, 0.2) is 0 Å². The number of carbonyl (C=O) groups excluding carboxylic acids is 2. The Morgan fingerprint density at radius 1 is 1.13 bits per heavy atom. The molecule has 0 spiro atoms. The minimum absolute atomic E-state index is 0.262. The average Bonchev–Trinajstić information content (AvgIpc) is 3.07. The number of benzene rings is 2. The van der Waals surface area contributed by atoms with Gasteiger partial charge < -0.3 is 9.47 Å². The van der Waals surface area contributed by atoms with Gasteiger partial charge in [-0.2, -0.15) is 0 Å². The number of hydrogen-bond acceptors (Lipinski definition) is 5. The summed E-state index contributed by atoms with van der Waals surface area (Å²) in [5.74, 6) is -0.734. The van der Waals surface area contributed by atoms with Crippen molar-refractivity contribution in [1.29, 1.82) is 0 Å². The Bertz CT molecular complexity index is 814. The molecule has 0 bridgehead atoms. The van der Waals surface area contributed by atoms with Crippen LogP contribution in [0.1, 0.15) is 37.4 Å². The fourth-order valence-corrected chi connectivity index (χ4v) is 3.32. The van der Waals surface area contributed by atoms with E-state index >= 15 is 0 Å². The molecule has 23 heavy (non-hydrogen) atoms. The minimum atomic E-state index is -0.619. The third-order valence-corrected chi connectivity index (χ3v) is 4.31. The molecule has 5 nitrogen and oxygen atoms in total. The molecule has 0 radical (unpaired) electrons. The molecule has 0 saturated carbocycles. The Hall–Kier alpha value is -2.66. The number of esters is 2. The van der Waals surface area contributed by atoms with Crippen molar-refractivity contribution in [3.8, 4) is 5.75 Å². The van der Waals surface area contributed by atoms with Crippen molar-refractivity contribution in [2.45, 2.75) is 19.6 Å². The van der Waals surface area contributed by atoms with Crippen LogP contribution >= 0.6 is 0 Å². The maximum absolute atomic E-state index is 11.9. The normalized spacial score (nSPS) is 16.2. The zero-order chi connectivity index (χ0) is 16.0. The highest BCUT2D eigenvalue weighted by Gasteiger charge is 2.37. The number of cyclic esters (lactones) is 2. The fourth-order valence-electron chi connectivity index (χ4n) is 3.32. The van der Waals surface area contributed by atoms with Crippen molar-refractivity contribution in [1.82, 2.24) is 4.90 Å². The predicted molar refractivity (Wildman–Crippen MR) is 82.1 cm³/mol. The second-order valence-electron chi connectivity index (χ2n) is 5.78. The van der Waals surface area contributed by atoms with Gasteiger partial charge in [0.1, 0.15) is 11.3 Å². The quantitative estimate of drug-likeness (QED) is 0.644. The van der Waals surface area contributed by atoms with Crippen molar-refractivity contribution < 1.29 is 19.1 Å². The number of methoxy groups -OCH3 is 1. The molecule has 0 aromatic heterocycles. The van der Waals surface area contributed by atoms with Gasteiger partial charge in [0.25, 0.3) is 0 Å². The van der Waals surface area contributed by atoms with Gasteiger partial charge in [-0.15, -0.1) is 0 Å². The van der Waals surface area contributed by atoms with E-state index in [1.807, 2.05) is 18.2 Å². The van der Waals surface area contributed by atoms with Crippen LogP contribution in [0.25, 0.3) is 0 Å². The highest BCUT2D eigenvalue weighted by molar-refractivity contribution is 6.16.